The molecule has 150 valence electrons. The van der Waals surface area contributed by atoms with E-state index >= 15 is 0 Å². The van der Waals surface area contributed by atoms with E-state index in [1.807, 2.05) is 29.2 Å². The van der Waals surface area contributed by atoms with Gasteiger partial charge in [0, 0.05) is 42.8 Å². The van der Waals surface area contributed by atoms with Gasteiger partial charge in [-0.25, -0.2) is 0 Å². The second-order valence-electron chi connectivity index (χ2n) is 8.38. The molecule has 0 spiro atoms. The number of hydrogen-bond acceptors (Lipinski definition) is 3. The van der Waals surface area contributed by atoms with E-state index in [9.17, 15) is 4.79 Å². The van der Waals surface area contributed by atoms with Gasteiger partial charge in [0.1, 0.15) is 5.75 Å². The highest BCUT2D eigenvalue weighted by Crippen LogP contribution is 2.34. The smallest absolute Gasteiger partial charge is 0.253 e. The number of carbonyl (C=O) groups excluding carboxylic acids is 1. The minimum atomic E-state index is 0.112. The Labute approximate surface area is 169 Å². The van der Waals surface area contributed by atoms with Crippen LogP contribution in [0.25, 0.3) is 11.1 Å². The molecule has 0 aliphatic carbocycles. The van der Waals surface area contributed by atoms with E-state index in [2.05, 4.69) is 50.8 Å². The van der Waals surface area contributed by atoms with Crippen molar-refractivity contribution < 1.29 is 9.53 Å². The lowest BCUT2D eigenvalue weighted by atomic mass is 9.98. The average molecular weight is 381 g/mol. The number of aryl methyl sites for hydroxylation is 1. The van der Waals surface area contributed by atoms with Crippen LogP contribution in [0.1, 0.15) is 43.6 Å². The number of para-hydroxylation sites is 1. The molecule has 4 heteroatoms. The zero-order valence-electron chi connectivity index (χ0n) is 17.8. The molecule has 0 atom stereocenters. The predicted molar refractivity (Wildman–Crippen MR) is 115 cm³/mol. The lowest BCUT2D eigenvalue weighted by Gasteiger charge is -2.42. The summed E-state index contributed by atoms with van der Waals surface area (Å²) in [5.74, 6) is 1.01. The van der Waals surface area contributed by atoms with Gasteiger partial charge in [0.25, 0.3) is 5.91 Å². The summed E-state index contributed by atoms with van der Waals surface area (Å²) in [6.45, 7) is 12.2. The Kier molecular flexibility index (Phi) is 6.09. The molecule has 1 fully saturated rings. The van der Waals surface area contributed by atoms with E-state index in [-0.39, 0.29) is 11.4 Å². The summed E-state index contributed by atoms with van der Waals surface area (Å²) in [6, 6.07) is 14.1. The van der Waals surface area contributed by atoms with Crippen LogP contribution < -0.4 is 4.74 Å². The summed E-state index contributed by atoms with van der Waals surface area (Å²) in [4.78, 5) is 17.5. The fraction of sp³-hybridized carbons (Fsp3) is 0.458. The molecule has 3 rings (SSSR count). The quantitative estimate of drug-likeness (QED) is 0.784. The average Bonchev–Trinajstić information content (AvgIpc) is 2.72. The summed E-state index contributed by atoms with van der Waals surface area (Å²) < 4.78 is 5.68. The molecule has 0 unspecified atom stereocenters. The Morgan fingerprint density at radius 3 is 2.32 bits per heavy atom. The Hall–Kier alpha value is -2.33. The van der Waals surface area contributed by atoms with Gasteiger partial charge in [0.15, 0.2) is 0 Å². The number of carbonyl (C=O) groups is 1. The molecule has 1 aliphatic rings. The van der Waals surface area contributed by atoms with E-state index in [1.165, 1.54) is 5.56 Å². The first kappa shape index (κ1) is 20.4. The Morgan fingerprint density at radius 2 is 1.71 bits per heavy atom. The number of amides is 1. The maximum atomic E-state index is 13.1. The minimum absolute atomic E-state index is 0.112. The van der Waals surface area contributed by atoms with Crippen LogP contribution in [0.4, 0.5) is 0 Å². The van der Waals surface area contributed by atoms with Gasteiger partial charge in [-0.15, -0.1) is 0 Å². The molecule has 1 amide bonds. The number of benzene rings is 2. The van der Waals surface area contributed by atoms with Crippen LogP contribution in [0.3, 0.4) is 0 Å². The van der Waals surface area contributed by atoms with Crippen molar-refractivity contribution in [2.24, 2.45) is 0 Å². The van der Waals surface area contributed by atoms with Gasteiger partial charge in [0.05, 0.1) is 7.11 Å². The fourth-order valence-corrected chi connectivity index (χ4v) is 3.91. The molecule has 4 nitrogen and oxygen atoms in total. The summed E-state index contributed by atoms with van der Waals surface area (Å²) in [5, 5.41) is 0. The molecule has 28 heavy (non-hydrogen) atoms. The molecule has 2 aromatic rings. The van der Waals surface area contributed by atoms with Gasteiger partial charge in [-0.2, -0.15) is 0 Å². The molecule has 1 saturated heterocycles. The first-order valence-electron chi connectivity index (χ1n) is 10.2. The van der Waals surface area contributed by atoms with Crippen LogP contribution >= 0.6 is 0 Å². The lowest BCUT2D eigenvalue weighted by Crippen LogP contribution is -2.54. The normalized spacial score (nSPS) is 15.5. The molecule has 0 radical (unpaired) electrons. The summed E-state index contributed by atoms with van der Waals surface area (Å²) in [5.41, 5.74) is 4.12. The molecule has 2 aromatic carbocycles. The number of methoxy groups -OCH3 is 1. The van der Waals surface area contributed by atoms with Crippen molar-refractivity contribution in [3.05, 3.63) is 53.6 Å². The second-order valence-corrected chi connectivity index (χ2v) is 8.38. The monoisotopic (exact) mass is 380 g/mol. The van der Waals surface area contributed by atoms with Crippen molar-refractivity contribution in [1.82, 2.24) is 9.80 Å². The maximum absolute atomic E-state index is 13.1. The van der Waals surface area contributed by atoms with Crippen molar-refractivity contribution in [1.29, 1.82) is 0 Å². The Morgan fingerprint density at radius 1 is 1.04 bits per heavy atom. The largest absolute Gasteiger partial charge is 0.496 e. The number of ether oxygens (including phenoxy) is 1. The van der Waals surface area contributed by atoms with Crippen LogP contribution in [0, 0.1) is 0 Å². The van der Waals surface area contributed by atoms with E-state index in [0.29, 0.717) is 0 Å². The highest BCUT2D eigenvalue weighted by molar-refractivity contribution is 5.95. The molecule has 0 aromatic heterocycles. The third kappa shape index (κ3) is 4.22. The lowest BCUT2D eigenvalue weighted by molar-refractivity contribution is 0.0451. The third-order valence-electron chi connectivity index (χ3n) is 5.62. The molecule has 0 N–H and O–H groups in total. The van der Waals surface area contributed by atoms with Crippen LogP contribution in [-0.4, -0.2) is 54.5 Å². The highest BCUT2D eigenvalue weighted by atomic mass is 16.5. The Balaban J connectivity index is 1.82. The van der Waals surface area contributed by atoms with Crippen molar-refractivity contribution in [2.45, 2.75) is 39.7 Å². The standard InChI is InChI=1S/C24H32N2O2/c1-6-18-9-8-12-21(22(18)28-5)19-10-7-11-20(17-19)23(27)25-13-15-26(16-14-25)24(2,3)4/h7-12,17H,6,13-16H2,1-5H3. The van der Waals surface area contributed by atoms with Crippen molar-refractivity contribution in [2.75, 3.05) is 33.3 Å². The van der Waals surface area contributed by atoms with Gasteiger partial charge < -0.3 is 9.64 Å². The first-order valence-corrected chi connectivity index (χ1v) is 10.2. The molecule has 1 aliphatic heterocycles. The number of piperazine rings is 1. The van der Waals surface area contributed by atoms with Crippen LogP contribution in [0.5, 0.6) is 5.75 Å². The Bertz CT molecular complexity index is 831. The molecular weight excluding hydrogens is 348 g/mol. The number of hydrogen-bond donors (Lipinski definition) is 0. The molecule has 0 saturated carbocycles. The van der Waals surface area contributed by atoms with Gasteiger partial charge in [-0.3, -0.25) is 9.69 Å². The van der Waals surface area contributed by atoms with E-state index in [1.54, 1.807) is 7.11 Å². The van der Waals surface area contributed by atoms with E-state index < -0.39 is 0 Å². The highest BCUT2D eigenvalue weighted by Gasteiger charge is 2.28. The summed E-state index contributed by atoms with van der Waals surface area (Å²) in [6.07, 6.45) is 0.910. The SMILES string of the molecule is CCc1cccc(-c2cccc(C(=O)N3CCN(C(C)(C)C)CC3)c2)c1OC. The van der Waals surface area contributed by atoms with Crippen molar-refractivity contribution in [3.63, 3.8) is 0 Å². The van der Waals surface area contributed by atoms with Crippen LogP contribution in [0.2, 0.25) is 0 Å². The van der Waals surface area contributed by atoms with Gasteiger partial charge in [0.2, 0.25) is 0 Å². The third-order valence-corrected chi connectivity index (χ3v) is 5.62. The van der Waals surface area contributed by atoms with Gasteiger partial charge in [-0.05, 0) is 50.5 Å². The van der Waals surface area contributed by atoms with Crippen molar-refractivity contribution in [3.8, 4) is 16.9 Å². The molecular formula is C24H32N2O2. The first-order chi connectivity index (χ1) is 13.3. The van der Waals surface area contributed by atoms with Gasteiger partial charge >= 0.3 is 0 Å². The number of nitrogens with zero attached hydrogens (tertiary/aromatic N) is 2. The topological polar surface area (TPSA) is 32.8 Å². The fourth-order valence-electron chi connectivity index (χ4n) is 3.91. The second kappa shape index (κ2) is 8.36. The van der Waals surface area contributed by atoms with Crippen molar-refractivity contribution >= 4 is 5.91 Å². The van der Waals surface area contributed by atoms with Gasteiger partial charge in [-0.1, -0.05) is 37.3 Å². The van der Waals surface area contributed by atoms with E-state index in [4.69, 9.17) is 4.74 Å². The maximum Gasteiger partial charge on any atom is 0.253 e. The predicted octanol–water partition coefficient (Wildman–Crippen LogP) is 4.48. The zero-order chi connectivity index (χ0) is 20.3. The molecule has 1 heterocycles. The summed E-state index contributed by atoms with van der Waals surface area (Å²) >= 11 is 0. The van der Waals surface area contributed by atoms with Crippen LogP contribution in [-0.2, 0) is 6.42 Å². The van der Waals surface area contributed by atoms with Crippen LogP contribution in [0.15, 0.2) is 42.5 Å². The number of rotatable bonds is 4. The minimum Gasteiger partial charge on any atom is -0.496 e. The summed E-state index contributed by atoms with van der Waals surface area (Å²) in [7, 11) is 1.71. The zero-order valence-corrected chi connectivity index (χ0v) is 17.8. The molecule has 0 bridgehead atoms. The van der Waals surface area contributed by atoms with E-state index in [0.717, 1.165) is 55.0 Å².